The predicted octanol–water partition coefficient (Wildman–Crippen LogP) is 4.26. The Morgan fingerprint density at radius 2 is 1.97 bits per heavy atom. The molecule has 30 heavy (non-hydrogen) atoms. The summed E-state index contributed by atoms with van der Waals surface area (Å²) in [7, 11) is 0. The maximum atomic E-state index is 12.4. The quantitative estimate of drug-likeness (QED) is 0.619. The number of aromatic amines is 1. The molecule has 1 atom stereocenters. The average molecular weight is 427 g/mol. The minimum atomic E-state index is -0.405. The topological polar surface area (TPSA) is 71.6 Å². The first-order valence-electron chi connectivity index (χ1n) is 9.93. The van der Waals surface area contributed by atoms with Gasteiger partial charge >= 0.3 is 5.97 Å². The molecule has 0 spiro atoms. The summed E-state index contributed by atoms with van der Waals surface area (Å²) in [4.78, 5) is 29.2. The highest BCUT2D eigenvalue weighted by Gasteiger charge is 2.33. The number of H-pyrrole nitrogens is 1. The molecule has 6 nitrogen and oxygen atoms in total. The number of halogens is 1. The van der Waals surface area contributed by atoms with Crippen molar-refractivity contribution >= 4 is 34.4 Å². The Balaban J connectivity index is 1.67. The fourth-order valence-corrected chi connectivity index (χ4v) is 4.21. The van der Waals surface area contributed by atoms with Crippen LogP contribution in [0.1, 0.15) is 36.7 Å². The van der Waals surface area contributed by atoms with Gasteiger partial charge in [0.05, 0.1) is 12.6 Å². The zero-order valence-corrected chi connectivity index (χ0v) is 17.7. The Morgan fingerprint density at radius 1 is 1.20 bits per heavy atom. The van der Waals surface area contributed by atoms with Gasteiger partial charge in [-0.1, -0.05) is 23.7 Å². The minimum absolute atomic E-state index is 0.0185. The Hall–Kier alpha value is -2.99. The molecule has 1 aliphatic heterocycles. The molecule has 156 valence electrons. The summed E-state index contributed by atoms with van der Waals surface area (Å²) >= 11 is 6.21. The van der Waals surface area contributed by atoms with Crippen molar-refractivity contribution in [2.45, 2.75) is 26.3 Å². The van der Waals surface area contributed by atoms with Crippen LogP contribution in [0.3, 0.4) is 0 Å². The molecule has 0 saturated carbocycles. The number of nitrogens with zero attached hydrogens (tertiary/aromatic N) is 1. The molecule has 0 aliphatic carbocycles. The number of amides is 1. The van der Waals surface area contributed by atoms with Crippen molar-refractivity contribution in [2.75, 3.05) is 19.8 Å². The number of ether oxygens (including phenoxy) is 2. The van der Waals surface area contributed by atoms with E-state index in [1.807, 2.05) is 35.2 Å². The Morgan fingerprint density at radius 3 is 2.67 bits per heavy atom. The zero-order chi connectivity index (χ0) is 21.3. The number of rotatable bonds is 5. The van der Waals surface area contributed by atoms with Gasteiger partial charge in [-0.05, 0) is 54.8 Å². The number of hydrogen-bond donors (Lipinski definition) is 1. The van der Waals surface area contributed by atoms with Crippen molar-refractivity contribution in [3.8, 4) is 5.75 Å². The number of aromatic nitrogens is 1. The van der Waals surface area contributed by atoms with Gasteiger partial charge in [-0.25, -0.2) is 4.79 Å². The molecule has 7 heteroatoms. The van der Waals surface area contributed by atoms with Crippen molar-refractivity contribution in [1.82, 2.24) is 9.88 Å². The lowest BCUT2D eigenvalue weighted by Crippen LogP contribution is -2.39. The van der Waals surface area contributed by atoms with Gasteiger partial charge in [0, 0.05) is 35.1 Å². The normalized spacial score (nSPS) is 15.7. The summed E-state index contributed by atoms with van der Waals surface area (Å²) in [5, 5.41) is 1.79. The first-order chi connectivity index (χ1) is 14.5. The lowest BCUT2D eigenvalue weighted by atomic mass is 9.92. The highest BCUT2D eigenvalue weighted by molar-refractivity contribution is 6.31. The van der Waals surface area contributed by atoms with Crippen LogP contribution in [0.2, 0.25) is 5.02 Å². The SMILES string of the molecule is CCOC(=O)COc1ccc(C2c3[nH]c4ccc(Cl)cc4c3CCN2C(C)=O)cc1. The maximum absolute atomic E-state index is 12.4. The van der Waals surface area contributed by atoms with Crippen molar-refractivity contribution in [1.29, 1.82) is 0 Å². The Labute approximate surface area is 179 Å². The largest absolute Gasteiger partial charge is 0.482 e. The monoisotopic (exact) mass is 426 g/mol. The minimum Gasteiger partial charge on any atom is -0.482 e. The van der Waals surface area contributed by atoms with Crippen LogP contribution in [-0.2, 0) is 20.7 Å². The molecule has 1 amide bonds. The van der Waals surface area contributed by atoms with Crippen molar-refractivity contribution < 1.29 is 19.1 Å². The van der Waals surface area contributed by atoms with E-state index in [-0.39, 0.29) is 18.6 Å². The van der Waals surface area contributed by atoms with E-state index < -0.39 is 5.97 Å². The highest BCUT2D eigenvalue weighted by atomic mass is 35.5. The second kappa shape index (κ2) is 8.40. The molecule has 1 aromatic heterocycles. The lowest BCUT2D eigenvalue weighted by molar-refractivity contribution is -0.145. The van der Waals surface area contributed by atoms with Gasteiger partial charge in [0.1, 0.15) is 5.75 Å². The first-order valence-corrected chi connectivity index (χ1v) is 10.3. The number of fused-ring (bicyclic) bond motifs is 3. The van der Waals surface area contributed by atoms with E-state index in [0.717, 1.165) is 28.6 Å². The van der Waals surface area contributed by atoms with Crippen LogP contribution >= 0.6 is 11.6 Å². The van der Waals surface area contributed by atoms with Crippen LogP contribution in [-0.4, -0.2) is 41.5 Å². The van der Waals surface area contributed by atoms with Gasteiger partial charge in [0.15, 0.2) is 6.61 Å². The van der Waals surface area contributed by atoms with E-state index >= 15 is 0 Å². The van der Waals surface area contributed by atoms with E-state index in [0.29, 0.717) is 23.9 Å². The molecule has 2 heterocycles. The molecule has 3 aromatic rings. The fraction of sp³-hybridized carbons (Fsp3) is 0.304. The third kappa shape index (κ3) is 3.87. The van der Waals surface area contributed by atoms with Gasteiger partial charge in [0.2, 0.25) is 5.91 Å². The van der Waals surface area contributed by atoms with Crippen molar-refractivity contribution in [3.05, 3.63) is 64.3 Å². The average Bonchev–Trinajstić information content (AvgIpc) is 3.10. The van der Waals surface area contributed by atoms with Crippen LogP contribution in [0.5, 0.6) is 5.75 Å². The Kier molecular flexibility index (Phi) is 5.68. The highest BCUT2D eigenvalue weighted by Crippen LogP contribution is 2.39. The van der Waals surface area contributed by atoms with Crippen LogP contribution in [0, 0.1) is 0 Å². The second-order valence-corrected chi connectivity index (χ2v) is 7.67. The van der Waals surface area contributed by atoms with E-state index in [4.69, 9.17) is 21.1 Å². The van der Waals surface area contributed by atoms with Crippen LogP contribution < -0.4 is 4.74 Å². The summed E-state index contributed by atoms with van der Waals surface area (Å²) in [6.45, 7) is 4.16. The molecular formula is C23H23ClN2O4. The number of carbonyl (C=O) groups excluding carboxylic acids is 2. The van der Waals surface area contributed by atoms with Crippen LogP contribution in [0.4, 0.5) is 0 Å². The third-order valence-corrected chi connectivity index (χ3v) is 5.59. The molecule has 0 radical (unpaired) electrons. The van der Waals surface area contributed by atoms with Gasteiger partial charge < -0.3 is 19.4 Å². The summed E-state index contributed by atoms with van der Waals surface area (Å²) in [6, 6.07) is 13.0. The van der Waals surface area contributed by atoms with Gasteiger partial charge in [-0.15, -0.1) is 0 Å². The maximum Gasteiger partial charge on any atom is 0.344 e. The smallest absolute Gasteiger partial charge is 0.344 e. The fourth-order valence-electron chi connectivity index (χ4n) is 4.04. The van der Waals surface area contributed by atoms with E-state index in [2.05, 4.69) is 4.98 Å². The molecule has 1 aliphatic rings. The third-order valence-electron chi connectivity index (χ3n) is 5.35. The molecule has 0 fully saturated rings. The molecule has 0 saturated heterocycles. The van der Waals surface area contributed by atoms with E-state index in [1.165, 1.54) is 5.56 Å². The molecule has 2 aromatic carbocycles. The molecular weight excluding hydrogens is 404 g/mol. The number of benzene rings is 2. The van der Waals surface area contributed by atoms with Crippen molar-refractivity contribution in [2.24, 2.45) is 0 Å². The zero-order valence-electron chi connectivity index (χ0n) is 16.9. The standard InChI is InChI=1S/C23H23ClN2O4/c1-3-29-21(28)13-30-17-7-4-15(5-8-17)23-22-18(10-11-26(23)14(2)27)19-12-16(24)6-9-20(19)25-22/h4-9,12,23,25H,3,10-11,13H2,1-2H3. The number of carbonyl (C=O) groups is 2. The predicted molar refractivity (Wildman–Crippen MR) is 115 cm³/mol. The van der Waals surface area contributed by atoms with Crippen LogP contribution in [0.15, 0.2) is 42.5 Å². The lowest BCUT2D eigenvalue weighted by Gasteiger charge is -2.35. The Bertz CT molecular complexity index is 1090. The summed E-state index contributed by atoms with van der Waals surface area (Å²) in [5.41, 5.74) is 4.17. The van der Waals surface area contributed by atoms with E-state index in [9.17, 15) is 9.59 Å². The number of esters is 1. The van der Waals surface area contributed by atoms with Crippen LogP contribution in [0.25, 0.3) is 10.9 Å². The molecule has 4 rings (SSSR count). The molecule has 1 N–H and O–H groups in total. The summed E-state index contributed by atoms with van der Waals surface area (Å²) in [6.07, 6.45) is 0.770. The molecule has 0 bridgehead atoms. The van der Waals surface area contributed by atoms with Gasteiger partial charge in [-0.3, -0.25) is 4.79 Å². The number of hydrogen-bond acceptors (Lipinski definition) is 4. The van der Waals surface area contributed by atoms with E-state index in [1.54, 1.807) is 26.0 Å². The van der Waals surface area contributed by atoms with Crippen molar-refractivity contribution in [3.63, 3.8) is 0 Å². The molecule has 1 unspecified atom stereocenters. The summed E-state index contributed by atoms with van der Waals surface area (Å²) in [5.74, 6) is 0.184. The second-order valence-electron chi connectivity index (χ2n) is 7.23. The van der Waals surface area contributed by atoms with Gasteiger partial charge in [0.25, 0.3) is 0 Å². The number of nitrogens with one attached hydrogen (secondary N) is 1. The van der Waals surface area contributed by atoms with Gasteiger partial charge in [-0.2, -0.15) is 0 Å². The summed E-state index contributed by atoms with van der Waals surface area (Å²) < 4.78 is 10.4. The first kappa shape index (κ1) is 20.3.